The summed E-state index contributed by atoms with van der Waals surface area (Å²) in [5.41, 5.74) is 2.38. The third kappa shape index (κ3) is 7.60. The van der Waals surface area contributed by atoms with Gasteiger partial charge < -0.3 is 14.4 Å². The molecule has 38 heavy (non-hydrogen) atoms. The monoisotopic (exact) mass is 537 g/mol. The molecule has 0 heterocycles. The second-order valence-electron chi connectivity index (χ2n) is 7.41. The third-order valence-corrected chi connectivity index (χ3v) is 6.74. The van der Waals surface area contributed by atoms with Gasteiger partial charge in [-0.1, -0.05) is 6.07 Å². The Morgan fingerprint density at radius 2 is 1.03 bits per heavy atom. The van der Waals surface area contributed by atoms with Gasteiger partial charge in [-0.05, 0) is 72.8 Å². The molecule has 11 nitrogen and oxygen atoms in total. The predicted molar refractivity (Wildman–Crippen MR) is 131 cm³/mol. The summed E-state index contributed by atoms with van der Waals surface area (Å²) in [6, 6.07) is 18.9. The van der Waals surface area contributed by atoms with Gasteiger partial charge in [-0.3, -0.25) is 0 Å². The van der Waals surface area contributed by atoms with Crippen molar-refractivity contribution in [2.24, 2.45) is 20.5 Å². The van der Waals surface area contributed by atoms with Crippen molar-refractivity contribution in [1.29, 1.82) is 0 Å². The van der Waals surface area contributed by atoms with E-state index >= 15 is 0 Å². The summed E-state index contributed by atoms with van der Waals surface area (Å²) in [4.78, 5) is -0.860. The van der Waals surface area contributed by atoms with E-state index in [0.717, 1.165) is 17.8 Å². The van der Waals surface area contributed by atoms with E-state index in [1.807, 2.05) is 12.1 Å². The van der Waals surface area contributed by atoms with E-state index in [2.05, 4.69) is 25.8 Å². The zero-order valence-corrected chi connectivity index (χ0v) is 22.2. The fourth-order valence-electron chi connectivity index (χ4n) is 3.22. The number of benzene rings is 4. The number of nitrogens with zero attached hydrogens (tertiary/aromatic N) is 4. The first-order chi connectivity index (χ1) is 17.0. The van der Waals surface area contributed by atoms with Crippen LogP contribution in [0.3, 0.4) is 0 Å². The maximum absolute atomic E-state index is 11.6. The molecule has 4 aromatic carbocycles. The fraction of sp³-hybridized carbons (Fsp3) is 0.0435. The van der Waals surface area contributed by atoms with Crippen molar-refractivity contribution in [2.45, 2.75) is 9.79 Å². The number of anilines is 1. The molecule has 1 N–H and O–H groups in total. The standard InChI is InChI=1S/C23H19N5O6S2.2Li/c1-24-15-2-4-16(5-3-15)25-27-22-12-13-23(21-14-19(36(32,33)34)10-11-20(21)22)28-26-17-6-8-18(9-7-17)35(29,30)31;;/h2-14,24H,1H3,(H,29,30,31)(H,32,33,34);;/q;2*+1/p-2. The Morgan fingerprint density at radius 1 is 0.579 bits per heavy atom. The van der Waals surface area contributed by atoms with Crippen LogP contribution < -0.4 is 43.0 Å². The Labute approximate surface area is 243 Å². The first-order valence-electron chi connectivity index (χ1n) is 10.2. The first-order valence-corrected chi connectivity index (χ1v) is 13.1. The summed E-state index contributed by atoms with van der Waals surface area (Å²) in [6.45, 7) is 0. The molecule has 0 aliphatic rings. The van der Waals surface area contributed by atoms with Gasteiger partial charge in [-0.2, -0.15) is 10.2 Å². The molecule has 0 amide bonds. The van der Waals surface area contributed by atoms with Gasteiger partial charge in [0.05, 0.1) is 32.5 Å². The van der Waals surface area contributed by atoms with E-state index in [-0.39, 0.29) is 54.5 Å². The number of nitrogens with one attached hydrogen (secondary N) is 1. The minimum atomic E-state index is -4.74. The van der Waals surface area contributed by atoms with E-state index < -0.39 is 30.0 Å². The number of azo groups is 2. The van der Waals surface area contributed by atoms with Gasteiger partial charge in [0.15, 0.2) is 0 Å². The molecule has 0 aromatic heterocycles. The van der Waals surface area contributed by atoms with Crippen molar-refractivity contribution >= 4 is 59.4 Å². The smallest absolute Gasteiger partial charge is 0.744 e. The zero-order chi connectivity index (χ0) is 25.9. The molecule has 0 spiro atoms. The van der Waals surface area contributed by atoms with Crippen LogP contribution in [0.25, 0.3) is 10.8 Å². The molecule has 0 saturated heterocycles. The second kappa shape index (κ2) is 12.8. The number of fused-ring (bicyclic) bond motifs is 1. The van der Waals surface area contributed by atoms with Crippen molar-refractivity contribution in [2.75, 3.05) is 12.4 Å². The molecule has 0 bridgehead atoms. The van der Waals surface area contributed by atoms with E-state index in [9.17, 15) is 25.9 Å². The van der Waals surface area contributed by atoms with E-state index in [1.54, 1.807) is 25.2 Å². The van der Waals surface area contributed by atoms with Gasteiger partial charge in [0.25, 0.3) is 0 Å². The number of hydrogen-bond acceptors (Lipinski definition) is 11. The summed E-state index contributed by atoms with van der Waals surface area (Å²) < 4.78 is 68.0. The quantitative estimate of drug-likeness (QED) is 0.188. The van der Waals surface area contributed by atoms with Crippen LogP contribution in [0, 0.1) is 0 Å². The summed E-state index contributed by atoms with van der Waals surface area (Å²) >= 11 is 0. The second-order valence-corrected chi connectivity index (χ2v) is 10.2. The summed E-state index contributed by atoms with van der Waals surface area (Å²) in [7, 11) is -7.54. The van der Waals surface area contributed by atoms with Gasteiger partial charge in [0.1, 0.15) is 20.2 Å². The van der Waals surface area contributed by atoms with Gasteiger partial charge >= 0.3 is 37.7 Å². The van der Waals surface area contributed by atoms with Crippen molar-refractivity contribution in [3.05, 3.63) is 78.9 Å². The molecule has 0 aliphatic carbocycles. The molecule has 184 valence electrons. The Bertz CT molecular complexity index is 1710. The Morgan fingerprint density at radius 3 is 1.50 bits per heavy atom. The third-order valence-electron chi connectivity index (χ3n) is 5.06. The van der Waals surface area contributed by atoms with Crippen molar-refractivity contribution < 1.29 is 63.7 Å². The maximum Gasteiger partial charge on any atom is 1.00 e. The Hall–Kier alpha value is -2.85. The van der Waals surface area contributed by atoms with Crippen LogP contribution in [0.4, 0.5) is 28.4 Å². The van der Waals surface area contributed by atoms with E-state index in [1.165, 1.54) is 36.4 Å². The van der Waals surface area contributed by atoms with E-state index in [0.29, 0.717) is 16.8 Å². The molecular formula is C23H17Li2N5O6S2. The molecular weight excluding hydrogens is 520 g/mol. The molecule has 0 radical (unpaired) electrons. The number of hydrogen-bond donors (Lipinski definition) is 1. The summed E-state index contributed by atoms with van der Waals surface area (Å²) in [5, 5.41) is 20.4. The van der Waals surface area contributed by atoms with E-state index in [4.69, 9.17) is 0 Å². The van der Waals surface area contributed by atoms with Gasteiger partial charge in [-0.15, -0.1) is 10.2 Å². The molecule has 0 atom stereocenters. The predicted octanol–water partition coefficient (Wildman–Crippen LogP) is -0.471. The van der Waals surface area contributed by atoms with Crippen molar-refractivity contribution in [3.63, 3.8) is 0 Å². The molecule has 0 aliphatic heterocycles. The van der Waals surface area contributed by atoms with Gasteiger partial charge in [0.2, 0.25) is 0 Å². The number of rotatable bonds is 7. The summed E-state index contributed by atoms with van der Waals surface area (Å²) in [6.07, 6.45) is 0. The average molecular weight is 537 g/mol. The molecule has 0 unspecified atom stereocenters. The van der Waals surface area contributed by atoms with Crippen LogP contribution in [-0.4, -0.2) is 33.0 Å². The van der Waals surface area contributed by atoms with Crippen LogP contribution in [-0.2, 0) is 20.2 Å². The fourth-order valence-corrected chi connectivity index (χ4v) is 4.19. The van der Waals surface area contributed by atoms with Crippen LogP contribution in [0.5, 0.6) is 0 Å². The van der Waals surface area contributed by atoms with Crippen LogP contribution >= 0.6 is 0 Å². The molecule has 4 aromatic rings. The zero-order valence-electron chi connectivity index (χ0n) is 20.6. The minimum Gasteiger partial charge on any atom is -0.744 e. The van der Waals surface area contributed by atoms with Crippen LogP contribution in [0.15, 0.2) is 109 Å². The van der Waals surface area contributed by atoms with Gasteiger partial charge in [-0.25, -0.2) is 16.8 Å². The molecule has 0 fully saturated rings. The summed E-state index contributed by atoms with van der Waals surface area (Å²) in [5.74, 6) is 0. The molecule has 15 heteroatoms. The normalized spacial score (nSPS) is 11.9. The SMILES string of the molecule is CNc1ccc(N=Nc2ccc(N=Nc3ccc(S(=O)(=O)[O-])cc3)c3cc(S(=O)(=O)[O-])ccc23)cc1.[Li+].[Li+]. The van der Waals surface area contributed by atoms with Crippen molar-refractivity contribution in [3.8, 4) is 0 Å². The van der Waals surface area contributed by atoms with Crippen LogP contribution in [0.2, 0.25) is 0 Å². The van der Waals surface area contributed by atoms with Gasteiger partial charge in [0, 0.05) is 23.5 Å². The topological polar surface area (TPSA) is 176 Å². The Balaban J connectivity index is 0.00000253. The largest absolute Gasteiger partial charge is 1.00 e. The first kappa shape index (κ1) is 31.4. The molecule has 4 rings (SSSR count). The average Bonchev–Trinajstić information content (AvgIpc) is 2.85. The Kier molecular flexibility index (Phi) is 10.6. The minimum absolute atomic E-state index is 0. The maximum atomic E-state index is 11.6. The molecule has 0 saturated carbocycles. The van der Waals surface area contributed by atoms with Crippen molar-refractivity contribution in [1.82, 2.24) is 0 Å². The van der Waals surface area contributed by atoms with Crippen LogP contribution in [0.1, 0.15) is 0 Å².